The normalized spacial score (nSPS) is 16.6. The lowest BCUT2D eigenvalue weighted by molar-refractivity contribution is -0.151. The first-order valence-electron chi connectivity index (χ1n) is 15.3. The Morgan fingerprint density at radius 1 is 0.978 bits per heavy atom. The fraction of sp³-hybridized carbons (Fsp3) is 0.314. The van der Waals surface area contributed by atoms with E-state index in [2.05, 4.69) is 5.10 Å². The number of amides is 1. The number of ether oxygens (including phenoxy) is 2. The topological polar surface area (TPSA) is 117 Å². The molecule has 1 aliphatic carbocycles. The van der Waals surface area contributed by atoms with Gasteiger partial charge in [0.25, 0.3) is 5.91 Å². The summed E-state index contributed by atoms with van der Waals surface area (Å²) in [5, 5.41) is 4.38. The van der Waals surface area contributed by atoms with Gasteiger partial charge < -0.3 is 20.1 Å². The fourth-order valence-corrected chi connectivity index (χ4v) is 6.58. The number of carbonyl (C=O) groups excluding carboxylic acids is 2. The summed E-state index contributed by atoms with van der Waals surface area (Å²) in [6, 6.07) is 17.2. The summed E-state index contributed by atoms with van der Waals surface area (Å²) in [4.78, 5) is 41.3. The summed E-state index contributed by atoms with van der Waals surface area (Å²) in [7, 11) is 0. The summed E-state index contributed by atoms with van der Waals surface area (Å²) < 4.78 is 42.9. The van der Waals surface area contributed by atoms with Crippen molar-refractivity contribution in [2.45, 2.75) is 50.6 Å². The van der Waals surface area contributed by atoms with Gasteiger partial charge >= 0.3 is 5.97 Å². The number of carbonyl (C=O) groups is 2. The average Bonchev–Trinajstić information content (AvgIpc) is 3.22. The van der Waals surface area contributed by atoms with Crippen LogP contribution in [0, 0.1) is 11.6 Å². The van der Waals surface area contributed by atoms with Crippen LogP contribution in [0.3, 0.4) is 0 Å². The zero-order valence-electron chi connectivity index (χ0n) is 25.3. The molecule has 2 heterocycles. The largest absolute Gasteiger partial charge is 0.451 e. The molecule has 0 spiro atoms. The van der Waals surface area contributed by atoms with E-state index >= 15 is 8.78 Å². The maximum Gasteiger partial charge on any atom is 0.326 e. The van der Waals surface area contributed by atoms with Gasteiger partial charge in [-0.25, -0.2) is 8.78 Å². The van der Waals surface area contributed by atoms with Gasteiger partial charge in [-0.1, -0.05) is 61.5 Å². The number of fused-ring (bicyclic) bond motifs is 3. The molecule has 0 unspecified atom stereocenters. The Bertz CT molecular complexity index is 1780. The Kier molecular flexibility index (Phi) is 8.94. The van der Waals surface area contributed by atoms with Crippen molar-refractivity contribution in [2.75, 3.05) is 19.9 Å². The Labute approximate surface area is 264 Å². The highest BCUT2D eigenvalue weighted by molar-refractivity contribution is 5.96. The number of halogens is 2. The number of nitrogens with zero attached hydrogens (tertiary/aromatic N) is 3. The number of hydrogen-bond donors (Lipinski definition) is 1. The quantitative estimate of drug-likeness (QED) is 0.217. The van der Waals surface area contributed by atoms with Gasteiger partial charge in [-0.05, 0) is 65.6 Å². The van der Waals surface area contributed by atoms with Crippen LogP contribution in [0.25, 0.3) is 0 Å². The highest BCUT2D eigenvalue weighted by Gasteiger charge is 2.42. The molecule has 46 heavy (non-hydrogen) atoms. The number of esters is 1. The standard InChI is InChI=1S/C35H34F2N4O5/c1-2-16-40-19-29(31-24-10-6-12-26(36)22(24)14-15-23-25(31)11-7-13-27(23)37)41-32(34(40)43)33(30(42)18-39-41)45-20-46-35(44)28(38)17-21-8-4-3-5-9-21/h3-13,18,28-29,31H,2,14-17,19-20,38H2,1H3/t28-,29+/m0/s1. The van der Waals surface area contributed by atoms with Gasteiger partial charge in [0.2, 0.25) is 18.0 Å². The van der Waals surface area contributed by atoms with Crippen LogP contribution in [0.4, 0.5) is 8.78 Å². The smallest absolute Gasteiger partial charge is 0.326 e. The maximum absolute atomic E-state index is 15.3. The molecule has 1 aliphatic heterocycles. The third kappa shape index (κ3) is 5.90. The summed E-state index contributed by atoms with van der Waals surface area (Å²) in [6.45, 7) is 1.80. The van der Waals surface area contributed by atoms with Crippen LogP contribution in [-0.2, 0) is 28.8 Å². The average molecular weight is 629 g/mol. The van der Waals surface area contributed by atoms with Crippen LogP contribution in [0.2, 0.25) is 0 Å². The molecule has 4 aromatic rings. The van der Waals surface area contributed by atoms with E-state index in [4.69, 9.17) is 15.2 Å². The predicted octanol–water partition coefficient (Wildman–Crippen LogP) is 4.31. The zero-order chi connectivity index (χ0) is 32.4. The lowest BCUT2D eigenvalue weighted by Gasteiger charge is -2.40. The van der Waals surface area contributed by atoms with E-state index in [9.17, 15) is 14.4 Å². The molecule has 0 saturated heterocycles. The molecule has 9 nitrogen and oxygen atoms in total. The third-order valence-electron chi connectivity index (χ3n) is 8.67. The van der Waals surface area contributed by atoms with Gasteiger partial charge in [0.1, 0.15) is 17.7 Å². The number of rotatable bonds is 9. The van der Waals surface area contributed by atoms with Gasteiger partial charge in [-0.3, -0.25) is 19.1 Å². The SMILES string of the molecule is CCCN1C[C@H](C2c3cccc(F)c3CCc3c(F)cccc32)n2ncc(=O)c(OCOC(=O)[C@@H](N)Cc3ccccc3)c2C1=O. The molecule has 1 amide bonds. The van der Waals surface area contributed by atoms with Crippen LogP contribution in [0.1, 0.15) is 63.6 Å². The van der Waals surface area contributed by atoms with E-state index in [0.717, 1.165) is 11.8 Å². The Morgan fingerprint density at radius 3 is 2.26 bits per heavy atom. The van der Waals surface area contributed by atoms with Gasteiger partial charge in [-0.15, -0.1) is 0 Å². The minimum Gasteiger partial charge on any atom is -0.451 e. The Hall–Kier alpha value is -4.90. The molecule has 2 aliphatic rings. The minimum absolute atomic E-state index is 0.123. The van der Waals surface area contributed by atoms with E-state index in [-0.39, 0.29) is 24.4 Å². The molecule has 0 saturated carbocycles. The Morgan fingerprint density at radius 2 is 1.63 bits per heavy atom. The molecule has 0 radical (unpaired) electrons. The fourth-order valence-electron chi connectivity index (χ4n) is 6.58. The van der Waals surface area contributed by atoms with Crippen molar-refractivity contribution in [3.8, 4) is 5.75 Å². The van der Waals surface area contributed by atoms with Crippen molar-refractivity contribution < 1.29 is 27.8 Å². The summed E-state index contributed by atoms with van der Waals surface area (Å²) in [5.74, 6) is -2.95. The zero-order valence-corrected chi connectivity index (χ0v) is 25.3. The van der Waals surface area contributed by atoms with Gasteiger partial charge in [0.15, 0.2) is 5.69 Å². The Balaban J connectivity index is 1.38. The van der Waals surface area contributed by atoms with Crippen molar-refractivity contribution in [3.63, 3.8) is 0 Å². The van der Waals surface area contributed by atoms with E-state index in [1.165, 1.54) is 16.8 Å². The number of nitrogens with two attached hydrogens (primary N) is 1. The highest BCUT2D eigenvalue weighted by atomic mass is 19.1. The van der Waals surface area contributed by atoms with Crippen molar-refractivity contribution in [2.24, 2.45) is 5.73 Å². The minimum atomic E-state index is -0.972. The molecule has 2 N–H and O–H groups in total. The van der Waals surface area contributed by atoms with Crippen molar-refractivity contribution in [3.05, 3.63) is 128 Å². The maximum atomic E-state index is 15.3. The number of benzene rings is 3. The van der Waals surface area contributed by atoms with E-state index < -0.39 is 53.7 Å². The number of hydrogen-bond acceptors (Lipinski definition) is 7. The molecule has 6 rings (SSSR count). The molecule has 11 heteroatoms. The van der Waals surface area contributed by atoms with Crippen LogP contribution in [-0.4, -0.2) is 52.5 Å². The predicted molar refractivity (Wildman–Crippen MR) is 165 cm³/mol. The lowest BCUT2D eigenvalue weighted by Crippen LogP contribution is -2.47. The van der Waals surface area contributed by atoms with Crippen molar-refractivity contribution in [1.29, 1.82) is 0 Å². The second kappa shape index (κ2) is 13.2. The molecule has 0 fully saturated rings. The molecule has 0 bridgehead atoms. The number of aromatic nitrogens is 2. The van der Waals surface area contributed by atoms with E-state index in [0.29, 0.717) is 48.1 Å². The van der Waals surface area contributed by atoms with Gasteiger partial charge in [-0.2, -0.15) is 5.10 Å². The second-order valence-corrected chi connectivity index (χ2v) is 11.6. The first kappa shape index (κ1) is 31.1. The van der Waals surface area contributed by atoms with Gasteiger partial charge in [0.05, 0.1) is 12.2 Å². The monoisotopic (exact) mass is 628 g/mol. The van der Waals surface area contributed by atoms with E-state index in [1.807, 2.05) is 49.4 Å². The van der Waals surface area contributed by atoms with Crippen LogP contribution in [0.15, 0.2) is 77.7 Å². The van der Waals surface area contributed by atoms with Crippen molar-refractivity contribution in [1.82, 2.24) is 14.7 Å². The summed E-state index contributed by atoms with van der Waals surface area (Å²) >= 11 is 0. The highest BCUT2D eigenvalue weighted by Crippen LogP contribution is 2.44. The lowest BCUT2D eigenvalue weighted by atomic mass is 9.81. The summed E-state index contributed by atoms with van der Waals surface area (Å²) in [6.07, 6.45) is 2.50. The summed E-state index contributed by atoms with van der Waals surface area (Å²) in [5.41, 5.74) is 8.35. The van der Waals surface area contributed by atoms with Crippen molar-refractivity contribution >= 4 is 11.9 Å². The van der Waals surface area contributed by atoms with E-state index in [1.54, 1.807) is 17.0 Å². The first-order chi connectivity index (χ1) is 22.3. The third-order valence-corrected chi connectivity index (χ3v) is 8.67. The second-order valence-electron chi connectivity index (χ2n) is 11.6. The molecule has 3 aromatic carbocycles. The van der Waals surface area contributed by atoms with Crippen LogP contribution in [0.5, 0.6) is 5.75 Å². The van der Waals surface area contributed by atoms with Gasteiger partial charge in [0, 0.05) is 19.0 Å². The molecule has 1 aromatic heterocycles. The molecular weight excluding hydrogens is 594 g/mol. The molecule has 2 atom stereocenters. The molecule has 238 valence electrons. The molecular formula is C35H34F2N4O5. The van der Waals surface area contributed by atoms with Crippen LogP contribution >= 0.6 is 0 Å². The van der Waals surface area contributed by atoms with Crippen LogP contribution < -0.4 is 15.9 Å². The first-order valence-corrected chi connectivity index (χ1v) is 15.3.